The van der Waals surface area contributed by atoms with Crippen LogP contribution in [0.4, 0.5) is 17.6 Å². The highest BCUT2D eigenvalue weighted by molar-refractivity contribution is 5.75. The Bertz CT molecular complexity index is 980. The fourth-order valence-corrected chi connectivity index (χ4v) is 3.72. The summed E-state index contributed by atoms with van der Waals surface area (Å²) in [6.07, 6.45) is -4.75. The van der Waals surface area contributed by atoms with Gasteiger partial charge in [0.1, 0.15) is 11.6 Å². The quantitative estimate of drug-likeness (QED) is 0.568. The third-order valence-corrected chi connectivity index (χ3v) is 5.08. The highest BCUT2D eigenvalue weighted by Gasteiger charge is 2.56. The van der Waals surface area contributed by atoms with Crippen molar-refractivity contribution in [2.75, 3.05) is 7.11 Å². The zero-order chi connectivity index (χ0) is 21.4. The van der Waals surface area contributed by atoms with Crippen molar-refractivity contribution in [2.24, 2.45) is 0 Å². The van der Waals surface area contributed by atoms with Gasteiger partial charge in [0.25, 0.3) is 0 Å². The Morgan fingerprint density at radius 3 is 2.48 bits per heavy atom. The van der Waals surface area contributed by atoms with E-state index in [1.54, 1.807) is 12.1 Å². The number of methoxy groups -OCH3 is 1. The largest absolute Gasteiger partial charge is 0.496 e. The number of pyridine rings is 1. The predicted molar refractivity (Wildman–Crippen MR) is 101 cm³/mol. The van der Waals surface area contributed by atoms with Crippen molar-refractivity contribution < 1.29 is 27.4 Å². The number of alkyl halides is 3. The number of nitrogens with zero attached hydrogens (tertiary/aromatic N) is 1. The Morgan fingerprint density at radius 2 is 1.86 bits per heavy atom. The molecule has 0 saturated heterocycles. The highest BCUT2D eigenvalue weighted by Crippen LogP contribution is 2.45. The summed E-state index contributed by atoms with van der Waals surface area (Å²) in [6.45, 7) is 3.04. The minimum Gasteiger partial charge on any atom is -0.496 e. The Balaban J connectivity index is 1.99. The minimum absolute atomic E-state index is 0.209. The zero-order valence-electron chi connectivity index (χ0n) is 16.3. The average molecular weight is 410 g/mol. The Labute approximate surface area is 165 Å². The molecule has 2 aromatic heterocycles. The van der Waals surface area contributed by atoms with Gasteiger partial charge in [-0.15, -0.1) is 0 Å². The summed E-state index contributed by atoms with van der Waals surface area (Å²) in [5, 5.41) is 10.8. The van der Waals surface area contributed by atoms with Crippen molar-refractivity contribution in [3.8, 4) is 5.75 Å². The second kappa shape index (κ2) is 7.33. The van der Waals surface area contributed by atoms with Crippen LogP contribution in [0.2, 0.25) is 0 Å². The first-order chi connectivity index (χ1) is 13.4. The molecule has 0 radical (unpaired) electrons. The van der Waals surface area contributed by atoms with Crippen LogP contribution < -0.4 is 4.74 Å². The Morgan fingerprint density at radius 1 is 1.14 bits per heavy atom. The molecule has 3 aromatic rings. The van der Waals surface area contributed by atoms with E-state index in [1.807, 2.05) is 0 Å². The van der Waals surface area contributed by atoms with Crippen LogP contribution in [-0.2, 0) is 11.8 Å². The lowest BCUT2D eigenvalue weighted by Gasteiger charge is -2.38. The number of hydrogen-bond donors (Lipinski definition) is 2. The van der Waals surface area contributed by atoms with E-state index in [1.165, 1.54) is 45.4 Å². The lowest BCUT2D eigenvalue weighted by molar-refractivity contribution is -0.266. The van der Waals surface area contributed by atoms with E-state index >= 15 is 0 Å². The first-order valence-electron chi connectivity index (χ1n) is 9.01. The number of fused-ring (bicyclic) bond motifs is 1. The molecule has 156 valence electrons. The molecule has 0 unspecified atom stereocenters. The van der Waals surface area contributed by atoms with E-state index in [-0.39, 0.29) is 17.0 Å². The van der Waals surface area contributed by atoms with Crippen molar-refractivity contribution in [1.82, 2.24) is 9.97 Å². The van der Waals surface area contributed by atoms with Gasteiger partial charge in [-0.1, -0.05) is 13.8 Å². The second-order valence-electron chi connectivity index (χ2n) is 7.84. The fraction of sp³-hybridized carbons (Fsp3) is 0.381. The number of aromatic nitrogens is 2. The number of aromatic amines is 1. The van der Waals surface area contributed by atoms with Crippen LogP contribution in [0.1, 0.15) is 31.5 Å². The molecule has 3 rings (SSSR count). The summed E-state index contributed by atoms with van der Waals surface area (Å²) >= 11 is 0. The molecule has 1 atom stereocenters. The molecule has 0 aliphatic carbocycles. The molecule has 8 heteroatoms. The smallest absolute Gasteiger partial charge is 0.417 e. The molecule has 0 aliphatic rings. The molecule has 0 spiro atoms. The normalized spacial score (nSPS) is 14.8. The number of halogens is 4. The van der Waals surface area contributed by atoms with Gasteiger partial charge in [0.05, 0.1) is 18.1 Å². The van der Waals surface area contributed by atoms with Crippen molar-refractivity contribution in [1.29, 1.82) is 0 Å². The molecule has 2 heterocycles. The molecule has 1 aromatic carbocycles. The summed E-state index contributed by atoms with van der Waals surface area (Å²) in [5.74, 6) is -0.332. The van der Waals surface area contributed by atoms with Crippen LogP contribution in [0.3, 0.4) is 0 Å². The maximum Gasteiger partial charge on any atom is 0.417 e. The molecular weight excluding hydrogens is 388 g/mol. The molecule has 29 heavy (non-hydrogen) atoms. The number of benzene rings is 1. The third kappa shape index (κ3) is 4.22. The average Bonchev–Trinajstić information content (AvgIpc) is 3.02. The van der Waals surface area contributed by atoms with Gasteiger partial charge in [-0.2, -0.15) is 13.2 Å². The van der Waals surface area contributed by atoms with E-state index in [9.17, 15) is 22.7 Å². The standard InChI is InChI=1S/C21H22F4N2O2/c1-19(2,15-9-13(22)6-7-18(15)29-3)12-20(28,21(23,24)25)11-14-10-17-16(27-14)5-4-8-26-17/h4-10,27-28H,11-12H2,1-3H3/t20-/m0/s1. The highest BCUT2D eigenvalue weighted by atomic mass is 19.4. The second-order valence-corrected chi connectivity index (χ2v) is 7.84. The van der Waals surface area contributed by atoms with Crippen molar-refractivity contribution >= 4 is 11.0 Å². The molecule has 0 aliphatic heterocycles. The van der Waals surface area contributed by atoms with Crippen LogP contribution in [0.5, 0.6) is 5.75 Å². The third-order valence-electron chi connectivity index (χ3n) is 5.08. The molecular formula is C21H22F4N2O2. The lowest BCUT2D eigenvalue weighted by atomic mass is 9.73. The van der Waals surface area contributed by atoms with Crippen LogP contribution in [0.25, 0.3) is 11.0 Å². The summed E-state index contributed by atoms with van der Waals surface area (Å²) in [4.78, 5) is 6.97. The van der Waals surface area contributed by atoms with Crippen molar-refractivity contribution in [3.63, 3.8) is 0 Å². The minimum atomic E-state index is -4.91. The van der Waals surface area contributed by atoms with Gasteiger partial charge in [-0.25, -0.2) is 4.39 Å². The number of hydrogen-bond acceptors (Lipinski definition) is 3. The van der Waals surface area contributed by atoms with Gasteiger partial charge in [-0.05, 0) is 48.2 Å². The molecule has 0 bridgehead atoms. The van der Waals surface area contributed by atoms with E-state index in [2.05, 4.69) is 9.97 Å². The van der Waals surface area contributed by atoms with Crippen LogP contribution in [-0.4, -0.2) is 34.0 Å². The van der Waals surface area contributed by atoms with E-state index in [4.69, 9.17) is 4.74 Å². The summed E-state index contributed by atoms with van der Waals surface area (Å²) < 4.78 is 60.9. The van der Waals surface area contributed by atoms with Gasteiger partial charge in [-0.3, -0.25) is 4.98 Å². The van der Waals surface area contributed by atoms with Gasteiger partial charge in [0.2, 0.25) is 0 Å². The van der Waals surface area contributed by atoms with Crippen LogP contribution in [0.15, 0.2) is 42.6 Å². The van der Waals surface area contributed by atoms with Gasteiger partial charge in [0, 0.05) is 23.9 Å². The van der Waals surface area contributed by atoms with Crippen LogP contribution >= 0.6 is 0 Å². The van der Waals surface area contributed by atoms with E-state index in [0.29, 0.717) is 11.0 Å². The molecule has 0 saturated carbocycles. The number of ether oxygens (including phenoxy) is 1. The summed E-state index contributed by atoms with van der Waals surface area (Å²) in [6, 6.07) is 8.52. The van der Waals surface area contributed by atoms with Gasteiger partial charge >= 0.3 is 6.18 Å². The van der Waals surface area contributed by atoms with Gasteiger partial charge < -0.3 is 14.8 Å². The predicted octanol–water partition coefficient (Wildman–Crippen LogP) is 4.91. The van der Waals surface area contributed by atoms with Crippen LogP contribution in [0, 0.1) is 5.82 Å². The number of H-pyrrole nitrogens is 1. The summed E-state index contributed by atoms with van der Waals surface area (Å²) in [7, 11) is 1.36. The monoisotopic (exact) mass is 410 g/mol. The molecule has 0 amide bonds. The SMILES string of the molecule is COc1ccc(F)cc1C(C)(C)C[C@@](O)(Cc1cc2ncccc2[nH]1)C(F)(F)F. The number of rotatable bonds is 6. The molecule has 2 N–H and O–H groups in total. The maximum atomic E-state index is 14.0. The van der Waals surface area contributed by atoms with E-state index in [0.717, 1.165) is 6.07 Å². The fourth-order valence-electron chi connectivity index (χ4n) is 3.72. The lowest BCUT2D eigenvalue weighted by Crippen LogP contribution is -2.51. The Kier molecular flexibility index (Phi) is 5.34. The first kappa shape index (κ1) is 21.1. The van der Waals surface area contributed by atoms with Crippen molar-refractivity contribution in [3.05, 3.63) is 59.7 Å². The van der Waals surface area contributed by atoms with E-state index < -0.39 is 35.9 Å². The first-order valence-corrected chi connectivity index (χ1v) is 9.01. The maximum absolute atomic E-state index is 14.0. The number of aliphatic hydroxyl groups is 1. The molecule has 0 fully saturated rings. The topological polar surface area (TPSA) is 58.1 Å². The Hall–Kier alpha value is -2.61. The van der Waals surface area contributed by atoms with Gasteiger partial charge in [0.15, 0.2) is 5.60 Å². The van der Waals surface area contributed by atoms with Crippen molar-refractivity contribution in [2.45, 2.75) is 43.9 Å². The summed E-state index contributed by atoms with van der Waals surface area (Å²) in [5.41, 5.74) is -2.73. The molecule has 4 nitrogen and oxygen atoms in total. The number of nitrogens with one attached hydrogen (secondary N) is 1. The zero-order valence-corrected chi connectivity index (χ0v) is 16.3.